The minimum Gasteiger partial charge on any atom is -0.411 e. The van der Waals surface area contributed by atoms with Gasteiger partial charge in [0.25, 0.3) is 0 Å². The second-order valence-electron chi connectivity index (χ2n) is 8.09. The minimum atomic E-state index is -4.57. The van der Waals surface area contributed by atoms with Gasteiger partial charge in [-0.2, -0.15) is 26.3 Å². The molecule has 0 aromatic carbocycles. The maximum absolute atomic E-state index is 13.2. The maximum Gasteiger partial charge on any atom is 0.416 e. The summed E-state index contributed by atoms with van der Waals surface area (Å²) in [6, 6.07) is 3.57. The Bertz CT molecular complexity index is 904. The largest absolute Gasteiger partial charge is 0.416 e. The van der Waals surface area contributed by atoms with Gasteiger partial charge in [-0.3, -0.25) is 9.97 Å². The van der Waals surface area contributed by atoms with Gasteiger partial charge < -0.3 is 5.21 Å². The van der Waals surface area contributed by atoms with Crippen molar-refractivity contribution in [2.24, 2.45) is 17.0 Å². The summed E-state index contributed by atoms with van der Waals surface area (Å²) in [5, 5.41) is 13.3. The van der Waals surface area contributed by atoms with Crippen molar-refractivity contribution in [2.75, 3.05) is 0 Å². The number of hydrogen-bond donors (Lipinski definition) is 1. The fourth-order valence-corrected chi connectivity index (χ4v) is 4.04. The molecule has 10 heteroatoms. The first-order valence-electron chi connectivity index (χ1n) is 9.87. The molecule has 1 N–H and O–H groups in total. The van der Waals surface area contributed by atoms with Crippen molar-refractivity contribution in [2.45, 2.75) is 49.9 Å². The highest BCUT2D eigenvalue weighted by Gasteiger charge is 2.46. The van der Waals surface area contributed by atoms with Crippen molar-refractivity contribution in [1.82, 2.24) is 9.97 Å². The standard InChI is InChI=1S/C21H19F6N3O/c22-20(23,24)13-5-7-28-15(9-13)17(11-1-2-11)19(30-31)18(12-3-4-12)16-10-14(6-8-29-16)21(25,26)27/h5-12,17-18,31H,1-4H2. The van der Waals surface area contributed by atoms with Crippen molar-refractivity contribution in [3.8, 4) is 0 Å². The van der Waals surface area contributed by atoms with Crippen molar-refractivity contribution >= 4 is 5.71 Å². The number of aromatic nitrogens is 2. The predicted molar refractivity (Wildman–Crippen MR) is 98.6 cm³/mol. The minimum absolute atomic E-state index is 0.0890. The average molecular weight is 443 g/mol. The topological polar surface area (TPSA) is 58.4 Å². The molecule has 166 valence electrons. The molecular weight excluding hydrogens is 424 g/mol. The van der Waals surface area contributed by atoms with E-state index in [1.807, 2.05) is 0 Å². The summed E-state index contributed by atoms with van der Waals surface area (Å²) in [5.74, 6) is -1.63. The highest BCUT2D eigenvalue weighted by molar-refractivity contribution is 5.96. The second kappa shape index (κ2) is 7.80. The van der Waals surface area contributed by atoms with Gasteiger partial charge in [-0.25, -0.2) is 0 Å². The van der Waals surface area contributed by atoms with Crippen LogP contribution in [0.5, 0.6) is 0 Å². The zero-order chi connectivity index (χ0) is 22.4. The quantitative estimate of drug-likeness (QED) is 0.257. The van der Waals surface area contributed by atoms with E-state index in [1.54, 1.807) is 0 Å². The molecule has 2 aliphatic carbocycles. The van der Waals surface area contributed by atoms with E-state index >= 15 is 0 Å². The van der Waals surface area contributed by atoms with E-state index in [-0.39, 0.29) is 28.9 Å². The van der Waals surface area contributed by atoms with Crippen LogP contribution in [0.4, 0.5) is 26.3 Å². The Morgan fingerprint density at radius 1 is 0.806 bits per heavy atom. The fraction of sp³-hybridized carbons (Fsp3) is 0.476. The molecule has 31 heavy (non-hydrogen) atoms. The lowest BCUT2D eigenvalue weighted by Gasteiger charge is -2.25. The van der Waals surface area contributed by atoms with E-state index < -0.39 is 35.3 Å². The molecule has 0 amide bonds. The molecule has 2 aromatic rings. The summed E-state index contributed by atoms with van der Waals surface area (Å²) >= 11 is 0. The van der Waals surface area contributed by atoms with Crippen LogP contribution in [-0.4, -0.2) is 20.9 Å². The Morgan fingerprint density at radius 3 is 1.48 bits per heavy atom. The summed E-state index contributed by atoms with van der Waals surface area (Å²) in [5.41, 5.74) is -1.42. The van der Waals surface area contributed by atoms with E-state index in [0.29, 0.717) is 25.7 Å². The van der Waals surface area contributed by atoms with Crippen molar-refractivity contribution in [3.05, 3.63) is 59.2 Å². The Hall–Kier alpha value is -2.65. The highest BCUT2D eigenvalue weighted by atomic mass is 19.4. The van der Waals surface area contributed by atoms with Gasteiger partial charge in [-0.1, -0.05) is 5.16 Å². The van der Waals surface area contributed by atoms with Gasteiger partial charge in [0.05, 0.1) is 28.2 Å². The number of rotatable bonds is 6. The summed E-state index contributed by atoms with van der Waals surface area (Å²) < 4.78 is 79.3. The number of hydrogen-bond acceptors (Lipinski definition) is 4. The first-order chi connectivity index (χ1) is 14.6. The number of halogens is 6. The smallest absolute Gasteiger partial charge is 0.411 e. The number of alkyl halides is 6. The van der Waals surface area contributed by atoms with Gasteiger partial charge in [0, 0.05) is 24.2 Å². The molecule has 4 nitrogen and oxygen atoms in total. The van der Waals surface area contributed by atoms with Gasteiger partial charge in [-0.05, 0) is 61.8 Å². The van der Waals surface area contributed by atoms with Crippen LogP contribution in [0, 0.1) is 11.8 Å². The predicted octanol–water partition coefficient (Wildman–Crippen LogP) is 6.03. The van der Waals surface area contributed by atoms with Crippen LogP contribution in [-0.2, 0) is 12.4 Å². The van der Waals surface area contributed by atoms with Gasteiger partial charge in [0.1, 0.15) is 0 Å². The van der Waals surface area contributed by atoms with Gasteiger partial charge in [0.2, 0.25) is 0 Å². The molecule has 0 bridgehead atoms. The molecule has 0 radical (unpaired) electrons. The fourth-order valence-electron chi connectivity index (χ4n) is 4.04. The summed E-state index contributed by atoms with van der Waals surface area (Å²) in [6.07, 6.45) is -4.22. The lowest BCUT2D eigenvalue weighted by atomic mass is 9.81. The lowest BCUT2D eigenvalue weighted by molar-refractivity contribution is -0.138. The average Bonchev–Trinajstić information content (AvgIpc) is 3.61. The normalized spacial score (nSPS) is 19.0. The van der Waals surface area contributed by atoms with Crippen LogP contribution in [0.15, 0.2) is 41.8 Å². The van der Waals surface area contributed by atoms with E-state index in [1.165, 1.54) is 0 Å². The Balaban J connectivity index is 1.76. The molecule has 2 aliphatic rings. The molecule has 2 atom stereocenters. The van der Waals surface area contributed by atoms with Gasteiger partial charge in [-0.15, -0.1) is 0 Å². The summed E-state index contributed by atoms with van der Waals surface area (Å²) in [7, 11) is 0. The number of pyridine rings is 2. The van der Waals surface area contributed by atoms with Crippen LogP contribution in [0.25, 0.3) is 0 Å². The molecule has 2 unspecified atom stereocenters. The molecule has 0 saturated heterocycles. The molecule has 4 rings (SSSR count). The first-order valence-corrected chi connectivity index (χ1v) is 9.87. The van der Waals surface area contributed by atoms with Crippen LogP contribution >= 0.6 is 0 Å². The Kier molecular flexibility index (Phi) is 5.43. The first kappa shape index (κ1) is 21.6. The Labute approximate surface area is 174 Å². The highest BCUT2D eigenvalue weighted by Crippen LogP contribution is 2.51. The van der Waals surface area contributed by atoms with Crippen LogP contribution < -0.4 is 0 Å². The molecule has 2 aromatic heterocycles. The zero-order valence-corrected chi connectivity index (χ0v) is 16.2. The molecular formula is C21H19F6N3O. The number of oxime groups is 1. The third-order valence-corrected chi connectivity index (χ3v) is 5.79. The van der Waals surface area contributed by atoms with E-state index in [9.17, 15) is 31.5 Å². The molecule has 2 fully saturated rings. The van der Waals surface area contributed by atoms with E-state index in [0.717, 1.165) is 36.7 Å². The van der Waals surface area contributed by atoms with Gasteiger partial charge in [0.15, 0.2) is 0 Å². The van der Waals surface area contributed by atoms with Crippen LogP contribution in [0.1, 0.15) is 60.0 Å². The Morgan fingerprint density at radius 2 is 1.19 bits per heavy atom. The maximum atomic E-state index is 13.2. The summed E-state index contributed by atoms with van der Waals surface area (Å²) in [6.45, 7) is 0. The van der Waals surface area contributed by atoms with Crippen molar-refractivity contribution in [3.63, 3.8) is 0 Å². The zero-order valence-electron chi connectivity index (χ0n) is 16.2. The lowest BCUT2D eigenvalue weighted by Crippen LogP contribution is -2.26. The molecule has 0 aliphatic heterocycles. The number of nitrogens with zero attached hydrogens (tertiary/aromatic N) is 3. The monoisotopic (exact) mass is 443 g/mol. The summed E-state index contributed by atoms with van der Waals surface area (Å²) in [4.78, 5) is 8.21. The van der Waals surface area contributed by atoms with E-state index in [4.69, 9.17) is 0 Å². The van der Waals surface area contributed by atoms with Crippen molar-refractivity contribution < 1.29 is 31.5 Å². The molecule has 2 heterocycles. The molecule has 0 spiro atoms. The van der Waals surface area contributed by atoms with Crippen LogP contribution in [0.2, 0.25) is 0 Å². The van der Waals surface area contributed by atoms with Crippen LogP contribution in [0.3, 0.4) is 0 Å². The van der Waals surface area contributed by atoms with Gasteiger partial charge >= 0.3 is 12.4 Å². The van der Waals surface area contributed by atoms with Crippen molar-refractivity contribution in [1.29, 1.82) is 0 Å². The third kappa shape index (κ3) is 4.67. The van der Waals surface area contributed by atoms with E-state index in [2.05, 4.69) is 15.1 Å². The third-order valence-electron chi connectivity index (χ3n) is 5.79. The molecule has 2 saturated carbocycles. The SMILES string of the molecule is ON=C(C(c1cc(C(F)(F)F)ccn1)C1CC1)C(c1cc(C(F)(F)F)ccn1)C1CC1. The second-order valence-corrected chi connectivity index (χ2v) is 8.09.